The van der Waals surface area contributed by atoms with Crippen LogP contribution in [-0.4, -0.2) is 46.3 Å². The van der Waals surface area contributed by atoms with Crippen LogP contribution in [0.5, 0.6) is 0 Å². The summed E-state index contributed by atoms with van der Waals surface area (Å²) in [4.78, 5) is 13.9. The number of alkyl halides is 1. The van der Waals surface area contributed by atoms with Crippen LogP contribution < -0.4 is 0 Å². The highest BCUT2D eigenvalue weighted by Crippen LogP contribution is 2.34. The molecule has 0 atom stereocenters. The highest BCUT2D eigenvalue weighted by atomic mass is 127. The van der Waals surface area contributed by atoms with Crippen molar-refractivity contribution >= 4 is 28.7 Å². The van der Waals surface area contributed by atoms with Gasteiger partial charge >= 0.3 is 6.09 Å². The van der Waals surface area contributed by atoms with Crippen LogP contribution >= 0.6 is 22.6 Å². The number of halogens is 1. The van der Waals surface area contributed by atoms with Crippen LogP contribution in [0.2, 0.25) is 0 Å². The Kier molecular flexibility index (Phi) is 5.79. The zero-order valence-electron chi connectivity index (χ0n) is 13.5. The van der Waals surface area contributed by atoms with Crippen molar-refractivity contribution < 1.29 is 14.3 Å². The molecule has 5 heteroatoms. The van der Waals surface area contributed by atoms with Gasteiger partial charge in [-0.2, -0.15) is 0 Å². The lowest BCUT2D eigenvalue weighted by molar-refractivity contribution is -0.0689. The maximum Gasteiger partial charge on any atom is 0.410 e. The van der Waals surface area contributed by atoms with Gasteiger partial charge in [-0.1, -0.05) is 35.4 Å². The van der Waals surface area contributed by atoms with Crippen molar-refractivity contribution in [1.82, 2.24) is 4.90 Å². The topological polar surface area (TPSA) is 38.8 Å². The Hall–Kier alpha value is -0.0400. The van der Waals surface area contributed by atoms with Crippen molar-refractivity contribution in [3.8, 4) is 0 Å². The molecule has 0 unspecified atom stereocenters. The fourth-order valence-electron chi connectivity index (χ4n) is 2.59. The summed E-state index contributed by atoms with van der Waals surface area (Å²) in [5.41, 5.74) is -0.455. The predicted octanol–water partition coefficient (Wildman–Crippen LogP) is 4.01. The van der Waals surface area contributed by atoms with Crippen LogP contribution in [-0.2, 0) is 9.47 Å². The van der Waals surface area contributed by atoms with Gasteiger partial charge in [0.05, 0.1) is 5.60 Å². The Balaban J connectivity index is 1.77. The summed E-state index contributed by atoms with van der Waals surface area (Å²) in [5, 5.41) is 0. The number of piperidine rings is 1. The second-order valence-corrected chi connectivity index (χ2v) is 8.13. The van der Waals surface area contributed by atoms with Gasteiger partial charge in [0.25, 0.3) is 0 Å². The summed E-state index contributed by atoms with van der Waals surface area (Å²) >= 11 is 2.42. The number of carbonyl (C=O) groups is 1. The van der Waals surface area contributed by atoms with Crippen LogP contribution in [0.1, 0.15) is 52.9 Å². The molecule has 2 aliphatic rings. The van der Waals surface area contributed by atoms with Gasteiger partial charge in [-0.25, -0.2) is 4.79 Å². The van der Waals surface area contributed by atoms with E-state index in [-0.39, 0.29) is 11.7 Å². The molecule has 1 amide bonds. The number of hydrogen-bond acceptors (Lipinski definition) is 3. The van der Waals surface area contributed by atoms with Crippen LogP contribution in [0.25, 0.3) is 0 Å². The van der Waals surface area contributed by atoms with Crippen molar-refractivity contribution in [2.24, 2.45) is 5.92 Å². The Labute approximate surface area is 142 Å². The van der Waals surface area contributed by atoms with E-state index >= 15 is 0 Å². The largest absolute Gasteiger partial charge is 0.444 e. The molecule has 1 aliphatic carbocycles. The van der Waals surface area contributed by atoms with Gasteiger partial charge in [-0.3, -0.25) is 0 Å². The van der Waals surface area contributed by atoms with Crippen LogP contribution in [0.15, 0.2) is 0 Å². The summed E-state index contributed by atoms with van der Waals surface area (Å²) in [6.07, 6.45) is 5.61. The van der Waals surface area contributed by atoms with Crippen LogP contribution in [0.4, 0.5) is 4.79 Å². The Morgan fingerprint density at radius 1 is 1.29 bits per heavy atom. The van der Waals surface area contributed by atoms with Crippen LogP contribution in [0.3, 0.4) is 0 Å². The number of carbonyl (C=O) groups excluding carboxylic acids is 1. The average molecular weight is 409 g/mol. The average Bonchev–Trinajstić information content (AvgIpc) is 3.21. The second-order valence-electron chi connectivity index (χ2n) is 7.36. The first-order chi connectivity index (χ1) is 9.84. The van der Waals surface area contributed by atoms with E-state index in [2.05, 4.69) is 22.6 Å². The highest BCUT2D eigenvalue weighted by Gasteiger charge is 2.37. The van der Waals surface area contributed by atoms with Crippen LogP contribution in [0, 0.1) is 5.92 Å². The first-order valence-corrected chi connectivity index (χ1v) is 9.54. The van der Waals surface area contributed by atoms with E-state index in [9.17, 15) is 4.79 Å². The molecule has 1 saturated heterocycles. The third-order valence-electron chi connectivity index (χ3n) is 4.20. The number of hydrogen-bond donors (Lipinski definition) is 0. The highest BCUT2D eigenvalue weighted by molar-refractivity contribution is 14.1. The molecule has 0 aromatic rings. The molecular formula is C16H28INO3. The fourth-order valence-corrected chi connectivity index (χ4v) is 3.57. The molecule has 1 saturated carbocycles. The van der Waals surface area contributed by atoms with Crippen molar-refractivity contribution in [2.45, 2.75) is 64.1 Å². The summed E-state index contributed by atoms with van der Waals surface area (Å²) in [6.45, 7) is 8.07. The van der Waals surface area contributed by atoms with E-state index in [4.69, 9.17) is 9.47 Å². The van der Waals surface area contributed by atoms with Crippen molar-refractivity contribution in [3.05, 3.63) is 0 Å². The minimum Gasteiger partial charge on any atom is -0.444 e. The lowest BCUT2D eigenvalue weighted by atomic mass is 9.93. The van der Waals surface area contributed by atoms with E-state index in [1.807, 2.05) is 25.7 Å². The number of nitrogens with zero attached hydrogens (tertiary/aromatic N) is 1. The fraction of sp³-hybridized carbons (Fsp3) is 0.938. The number of rotatable bonds is 5. The van der Waals surface area contributed by atoms with Crippen molar-refractivity contribution in [1.29, 1.82) is 0 Å². The summed E-state index contributed by atoms with van der Waals surface area (Å²) in [6, 6.07) is 0. The standard InChI is InChI=1S/C16H28INO3/c1-15(2,3)21-14(19)18-9-7-16(12-17,8-10-18)20-11-6-13-4-5-13/h13H,4-12H2,1-3H3. The molecule has 0 spiro atoms. The SMILES string of the molecule is CC(C)(C)OC(=O)N1CCC(CI)(OCCC2CC2)CC1. The summed E-state index contributed by atoms with van der Waals surface area (Å²) in [5.74, 6) is 0.915. The normalized spacial score (nSPS) is 22.2. The Morgan fingerprint density at radius 2 is 1.90 bits per heavy atom. The van der Waals surface area contributed by atoms with E-state index < -0.39 is 5.60 Å². The lowest BCUT2D eigenvalue weighted by Gasteiger charge is -2.41. The molecule has 4 nitrogen and oxygen atoms in total. The van der Waals surface area contributed by atoms with Gasteiger partial charge in [0.15, 0.2) is 0 Å². The Bertz CT molecular complexity index is 355. The number of ether oxygens (including phenoxy) is 2. The van der Waals surface area contributed by atoms with E-state index in [1.54, 1.807) is 0 Å². The molecule has 1 heterocycles. The monoisotopic (exact) mass is 409 g/mol. The minimum absolute atomic E-state index is 0.0338. The third kappa shape index (κ3) is 5.58. The van der Waals surface area contributed by atoms with Gasteiger partial charge in [0.1, 0.15) is 5.60 Å². The maximum atomic E-state index is 12.1. The number of likely N-dealkylation sites (tertiary alicyclic amines) is 1. The molecule has 0 radical (unpaired) electrons. The third-order valence-corrected chi connectivity index (χ3v) is 5.59. The van der Waals surface area contributed by atoms with E-state index in [0.717, 1.165) is 42.9 Å². The minimum atomic E-state index is -0.421. The number of amides is 1. The van der Waals surface area contributed by atoms with Gasteiger partial charge in [0.2, 0.25) is 0 Å². The zero-order valence-corrected chi connectivity index (χ0v) is 15.6. The van der Waals surface area contributed by atoms with Crippen molar-refractivity contribution in [2.75, 3.05) is 24.1 Å². The predicted molar refractivity (Wildman–Crippen MR) is 92.0 cm³/mol. The van der Waals surface area contributed by atoms with Gasteiger partial charge in [0, 0.05) is 24.1 Å². The maximum absolute atomic E-state index is 12.1. The smallest absolute Gasteiger partial charge is 0.410 e. The summed E-state index contributed by atoms with van der Waals surface area (Å²) < 4.78 is 12.7. The van der Waals surface area contributed by atoms with Gasteiger partial charge in [-0.15, -0.1) is 0 Å². The first kappa shape index (κ1) is 17.3. The molecule has 2 rings (SSSR count). The van der Waals surface area contributed by atoms with Gasteiger partial charge < -0.3 is 14.4 Å². The second kappa shape index (κ2) is 7.02. The van der Waals surface area contributed by atoms with Crippen molar-refractivity contribution in [3.63, 3.8) is 0 Å². The quantitative estimate of drug-likeness (QED) is 0.509. The summed E-state index contributed by atoms with van der Waals surface area (Å²) in [7, 11) is 0. The zero-order chi connectivity index (χ0) is 15.5. The molecule has 0 aromatic carbocycles. The molecule has 0 aromatic heterocycles. The molecule has 1 aliphatic heterocycles. The van der Waals surface area contributed by atoms with Gasteiger partial charge in [-0.05, 0) is 46.0 Å². The van der Waals surface area contributed by atoms with E-state index in [0.29, 0.717) is 0 Å². The van der Waals surface area contributed by atoms with E-state index in [1.165, 1.54) is 19.3 Å². The molecule has 2 fully saturated rings. The first-order valence-electron chi connectivity index (χ1n) is 8.01. The lowest BCUT2D eigenvalue weighted by Crippen LogP contribution is -2.50. The molecule has 0 bridgehead atoms. The molecule has 122 valence electrons. The molecular weight excluding hydrogens is 381 g/mol. The molecule has 21 heavy (non-hydrogen) atoms. The molecule has 0 N–H and O–H groups in total. The Morgan fingerprint density at radius 3 is 2.38 bits per heavy atom.